The molecule has 0 spiro atoms. The van der Waals surface area contributed by atoms with Gasteiger partial charge in [0.15, 0.2) is 5.78 Å². The maximum absolute atomic E-state index is 13.0. The number of nitrogens with one attached hydrogen (secondary N) is 1. The number of hydrogen-bond acceptors (Lipinski definition) is 4. The summed E-state index contributed by atoms with van der Waals surface area (Å²) >= 11 is 0. The first-order valence-electron chi connectivity index (χ1n) is 12.4. The Morgan fingerprint density at radius 1 is 0.757 bits per heavy atom. The average Bonchev–Trinajstić information content (AvgIpc) is 2.93. The molecule has 4 rings (SSSR count). The van der Waals surface area contributed by atoms with E-state index in [9.17, 15) is 14.7 Å². The van der Waals surface area contributed by atoms with E-state index < -0.39 is 12.0 Å². The summed E-state index contributed by atoms with van der Waals surface area (Å²) in [6, 6.07) is 32.9. The van der Waals surface area contributed by atoms with Crippen LogP contribution in [0.3, 0.4) is 0 Å². The molecule has 0 heterocycles. The smallest absolute Gasteiger partial charge is 0.326 e. The number of carbonyl (C=O) groups is 2. The van der Waals surface area contributed by atoms with Crippen LogP contribution in [0.1, 0.15) is 34.0 Å². The molecule has 0 radical (unpaired) electrons. The molecule has 0 aliphatic heterocycles. The molecule has 2 N–H and O–H groups in total. The van der Waals surface area contributed by atoms with Gasteiger partial charge >= 0.3 is 5.97 Å². The highest BCUT2D eigenvalue weighted by Crippen LogP contribution is 2.22. The minimum atomic E-state index is -0.989. The second kappa shape index (κ2) is 12.5. The highest BCUT2D eigenvalue weighted by atomic mass is 16.5. The topological polar surface area (TPSA) is 75.6 Å². The van der Waals surface area contributed by atoms with Crippen LogP contribution in [0.2, 0.25) is 0 Å². The maximum atomic E-state index is 13.0. The van der Waals surface area contributed by atoms with Gasteiger partial charge in [0.1, 0.15) is 11.8 Å². The van der Waals surface area contributed by atoms with Gasteiger partial charge in [-0.3, -0.25) is 4.79 Å². The van der Waals surface area contributed by atoms with E-state index in [-0.39, 0.29) is 12.2 Å². The molecule has 0 saturated carbocycles. The number of hydrogen-bond donors (Lipinski definition) is 2. The third kappa shape index (κ3) is 7.31. The lowest BCUT2D eigenvalue weighted by Crippen LogP contribution is -2.32. The number of carboxylic acids is 1. The zero-order valence-corrected chi connectivity index (χ0v) is 20.8. The van der Waals surface area contributed by atoms with E-state index >= 15 is 0 Å². The van der Waals surface area contributed by atoms with Gasteiger partial charge < -0.3 is 15.2 Å². The monoisotopic (exact) mass is 493 g/mol. The molecule has 2 atom stereocenters. The summed E-state index contributed by atoms with van der Waals surface area (Å²) in [6.45, 7) is 2.75. The van der Waals surface area contributed by atoms with E-state index in [0.29, 0.717) is 29.3 Å². The molecule has 0 aliphatic rings. The summed E-state index contributed by atoms with van der Waals surface area (Å²) in [5.41, 5.74) is 3.63. The van der Waals surface area contributed by atoms with Gasteiger partial charge in [0.25, 0.3) is 0 Å². The number of ketones is 1. The number of aliphatic carboxylic acids is 1. The second-order valence-corrected chi connectivity index (χ2v) is 9.23. The summed E-state index contributed by atoms with van der Waals surface area (Å²) in [7, 11) is 0. The normalized spacial score (nSPS) is 12.4. The molecule has 5 nitrogen and oxygen atoms in total. The molecule has 0 aliphatic carbocycles. The van der Waals surface area contributed by atoms with Gasteiger partial charge in [-0.25, -0.2) is 4.79 Å². The van der Waals surface area contributed by atoms with Gasteiger partial charge in [0, 0.05) is 23.2 Å². The number of anilines is 1. The fourth-order valence-corrected chi connectivity index (χ4v) is 4.21. The maximum Gasteiger partial charge on any atom is 0.326 e. The van der Waals surface area contributed by atoms with E-state index in [1.807, 2.05) is 48.5 Å². The van der Waals surface area contributed by atoms with E-state index in [0.717, 1.165) is 17.7 Å². The zero-order chi connectivity index (χ0) is 26.0. The molecule has 188 valence electrons. The van der Waals surface area contributed by atoms with Gasteiger partial charge in [-0.1, -0.05) is 91.9 Å². The first kappa shape index (κ1) is 25.7. The first-order valence-corrected chi connectivity index (χ1v) is 12.4. The Morgan fingerprint density at radius 2 is 1.35 bits per heavy atom. The number of para-hydroxylation sites is 1. The van der Waals surface area contributed by atoms with Crippen molar-refractivity contribution in [3.05, 3.63) is 131 Å². The van der Waals surface area contributed by atoms with Crippen molar-refractivity contribution in [1.82, 2.24) is 0 Å². The van der Waals surface area contributed by atoms with Crippen LogP contribution in [-0.4, -0.2) is 29.5 Å². The van der Waals surface area contributed by atoms with E-state index in [1.54, 1.807) is 48.5 Å². The highest BCUT2D eigenvalue weighted by Gasteiger charge is 2.21. The van der Waals surface area contributed by atoms with Crippen molar-refractivity contribution in [2.45, 2.75) is 25.8 Å². The molecule has 0 fully saturated rings. The van der Waals surface area contributed by atoms with Gasteiger partial charge in [-0.05, 0) is 47.7 Å². The predicted octanol–water partition coefficient (Wildman–Crippen LogP) is 6.28. The molecule has 4 aromatic carbocycles. The van der Waals surface area contributed by atoms with E-state index in [1.165, 1.54) is 5.56 Å². The van der Waals surface area contributed by atoms with Crippen molar-refractivity contribution in [3.63, 3.8) is 0 Å². The van der Waals surface area contributed by atoms with Crippen LogP contribution in [0.4, 0.5) is 5.69 Å². The Labute approximate surface area is 217 Å². The molecule has 4 aromatic rings. The lowest BCUT2D eigenvalue weighted by molar-refractivity contribution is -0.137. The lowest BCUT2D eigenvalue weighted by Gasteiger charge is -2.19. The Morgan fingerprint density at radius 3 is 2.03 bits per heavy atom. The molecule has 0 bridgehead atoms. The van der Waals surface area contributed by atoms with Crippen LogP contribution in [0.25, 0.3) is 0 Å². The van der Waals surface area contributed by atoms with Gasteiger partial charge in [-0.15, -0.1) is 0 Å². The van der Waals surface area contributed by atoms with Crippen LogP contribution >= 0.6 is 0 Å². The summed E-state index contributed by atoms with van der Waals surface area (Å²) < 4.78 is 5.96. The van der Waals surface area contributed by atoms with Crippen molar-refractivity contribution in [2.24, 2.45) is 5.92 Å². The van der Waals surface area contributed by atoms with Crippen molar-refractivity contribution >= 4 is 17.4 Å². The van der Waals surface area contributed by atoms with Crippen molar-refractivity contribution in [1.29, 1.82) is 0 Å². The number of ether oxygens (including phenoxy) is 1. The minimum Gasteiger partial charge on any atom is -0.493 e. The number of benzene rings is 4. The summed E-state index contributed by atoms with van der Waals surface area (Å²) in [4.78, 5) is 25.1. The SMILES string of the molecule is CC(COc1ccc(C[C@H](Nc2ccccc2C(=O)c2ccccc2)C(=O)O)cc1)Cc1ccccc1. The molecule has 1 unspecified atom stereocenters. The molecular weight excluding hydrogens is 462 g/mol. The van der Waals surface area contributed by atoms with Crippen molar-refractivity contribution in [2.75, 3.05) is 11.9 Å². The van der Waals surface area contributed by atoms with Gasteiger partial charge in [-0.2, -0.15) is 0 Å². The summed E-state index contributed by atoms with van der Waals surface area (Å²) in [5.74, 6) is -0.0310. The van der Waals surface area contributed by atoms with Crippen LogP contribution in [-0.2, 0) is 17.6 Å². The first-order chi connectivity index (χ1) is 18.0. The average molecular weight is 494 g/mol. The highest BCUT2D eigenvalue weighted by molar-refractivity contribution is 6.12. The molecule has 5 heteroatoms. The Bertz CT molecular complexity index is 1300. The third-order valence-corrected chi connectivity index (χ3v) is 6.16. The zero-order valence-electron chi connectivity index (χ0n) is 20.8. The Kier molecular flexibility index (Phi) is 8.71. The van der Waals surface area contributed by atoms with Crippen molar-refractivity contribution in [3.8, 4) is 5.75 Å². The van der Waals surface area contributed by atoms with Gasteiger partial charge in [0.2, 0.25) is 0 Å². The summed E-state index contributed by atoms with van der Waals surface area (Å²) in [5, 5.41) is 13.0. The third-order valence-electron chi connectivity index (χ3n) is 6.16. The quantitative estimate of drug-likeness (QED) is 0.227. The van der Waals surface area contributed by atoms with Gasteiger partial charge in [0.05, 0.1) is 6.61 Å². The largest absolute Gasteiger partial charge is 0.493 e. The predicted molar refractivity (Wildman–Crippen MR) is 146 cm³/mol. The Balaban J connectivity index is 1.38. The van der Waals surface area contributed by atoms with Crippen LogP contribution < -0.4 is 10.1 Å². The van der Waals surface area contributed by atoms with Crippen molar-refractivity contribution < 1.29 is 19.4 Å². The molecular formula is C32H31NO4. The fourth-order valence-electron chi connectivity index (χ4n) is 4.21. The van der Waals surface area contributed by atoms with Crippen LogP contribution in [0, 0.1) is 5.92 Å². The molecule has 0 aromatic heterocycles. The van der Waals surface area contributed by atoms with Crippen LogP contribution in [0.5, 0.6) is 5.75 Å². The molecule has 0 amide bonds. The standard InChI is InChI=1S/C32H31NO4/c1-23(20-24-10-4-2-5-11-24)22-37-27-18-16-25(17-19-27)21-30(32(35)36)33-29-15-9-8-14-28(29)31(34)26-12-6-3-7-13-26/h2-19,23,30,33H,20-22H2,1H3,(H,35,36)/t23?,30-/m0/s1. The number of carbonyl (C=O) groups excluding carboxylic acids is 1. The number of carboxylic acid groups (broad SMARTS) is 1. The molecule has 37 heavy (non-hydrogen) atoms. The van der Waals surface area contributed by atoms with Crippen LogP contribution in [0.15, 0.2) is 109 Å². The van der Waals surface area contributed by atoms with E-state index in [2.05, 4.69) is 24.4 Å². The Hall–Kier alpha value is -4.38. The summed E-state index contributed by atoms with van der Waals surface area (Å²) in [6.07, 6.45) is 1.20. The number of rotatable bonds is 12. The van der Waals surface area contributed by atoms with E-state index in [4.69, 9.17) is 4.74 Å². The minimum absolute atomic E-state index is 0.157. The fraction of sp³-hybridized carbons (Fsp3) is 0.188. The lowest BCUT2D eigenvalue weighted by atomic mass is 10.00. The molecule has 0 saturated heterocycles. The second-order valence-electron chi connectivity index (χ2n) is 9.23.